The number of H-pyrrole nitrogens is 1. The molecule has 1 atom stereocenters. The number of esters is 1. The second-order valence-electron chi connectivity index (χ2n) is 4.42. The van der Waals surface area contributed by atoms with Crippen LogP contribution in [0.25, 0.3) is 0 Å². The first-order valence-corrected chi connectivity index (χ1v) is 6.19. The highest BCUT2D eigenvalue weighted by Gasteiger charge is 2.16. The Bertz CT molecular complexity index is 610. The van der Waals surface area contributed by atoms with E-state index in [0.29, 0.717) is 12.0 Å². The van der Waals surface area contributed by atoms with Gasteiger partial charge >= 0.3 is 5.97 Å². The number of rotatable bonds is 6. The van der Waals surface area contributed by atoms with Gasteiger partial charge in [0.05, 0.1) is 11.3 Å². The van der Waals surface area contributed by atoms with Crippen molar-refractivity contribution in [3.05, 3.63) is 58.2 Å². The van der Waals surface area contributed by atoms with Crippen LogP contribution >= 0.6 is 0 Å². The van der Waals surface area contributed by atoms with Gasteiger partial charge in [-0.15, -0.1) is 0 Å². The van der Waals surface area contributed by atoms with E-state index in [9.17, 15) is 14.9 Å². The summed E-state index contributed by atoms with van der Waals surface area (Å²) in [6.07, 6.45) is 3.40. The molecule has 1 heterocycles. The lowest BCUT2D eigenvalue weighted by atomic mass is 10.2. The molecule has 8 heteroatoms. The maximum Gasteiger partial charge on any atom is 0.323 e. The maximum absolute atomic E-state index is 11.7. The summed E-state index contributed by atoms with van der Waals surface area (Å²) in [6.45, 7) is 0.0213. The minimum absolute atomic E-state index is 0.0129. The zero-order valence-electron chi connectivity index (χ0n) is 11.1. The number of carbonyl (C=O) groups is 1. The van der Waals surface area contributed by atoms with Crippen LogP contribution in [0.5, 0.6) is 0 Å². The molecule has 1 aromatic carbocycles. The molecule has 2 rings (SSSR count). The molecular weight excluding hydrogens is 276 g/mol. The third-order valence-electron chi connectivity index (χ3n) is 2.83. The van der Waals surface area contributed by atoms with Gasteiger partial charge in [0.1, 0.15) is 12.6 Å². The number of nitro groups is 1. The van der Waals surface area contributed by atoms with Gasteiger partial charge in [-0.25, -0.2) is 4.98 Å². The molecule has 0 fully saturated rings. The predicted molar refractivity (Wildman–Crippen MR) is 73.2 cm³/mol. The van der Waals surface area contributed by atoms with Gasteiger partial charge in [-0.1, -0.05) is 0 Å². The third-order valence-corrected chi connectivity index (χ3v) is 2.83. The molecule has 8 nitrogen and oxygen atoms in total. The van der Waals surface area contributed by atoms with Crippen molar-refractivity contribution in [3.63, 3.8) is 0 Å². The molecule has 0 radical (unpaired) electrons. The summed E-state index contributed by atoms with van der Waals surface area (Å²) in [5, 5.41) is 10.5. The van der Waals surface area contributed by atoms with Crippen LogP contribution in [0.15, 0.2) is 36.8 Å². The molecule has 0 saturated heterocycles. The molecule has 0 bridgehead atoms. The number of hydrogen-bond donors (Lipinski definition) is 2. The summed E-state index contributed by atoms with van der Waals surface area (Å²) in [5.74, 6) is -0.539. The fourth-order valence-corrected chi connectivity index (χ4v) is 1.69. The number of aromatic nitrogens is 2. The van der Waals surface area contributed by atoms with Crippen molar-refractivity contribution in [2.24, 2.45) is 5.73 Å². The van der Waals surface area contributed by atoms with Gasteiger partial charge in [0.2, 0.25) is 0 Å². The number of ether oxygens (including phenoxy) is 1. The fourth-order valence-electron chi connectivity index (χ4n) is 1.69. The van der Waals surface area contributed by atoms with Crippen molar-refractivity contribution in [1.82, 2.24) is 9.97 Å². The summed E-state index contributed by atoms with van der Waals surface area (Å²) in [5.41, 5.74) is 7.11. The van der Waals surface area contributed by atoms with Gasteiger partial charge in [-0.2, -0.15) is 0 Å². The highest BCUT2D eigenvalue weighted by atomic mass is 16.6. The van der Waals surface area contributed by atoms with Crippen molar-refractivity contribution in [2.75, 3.05) is 0 Å². The topological polar surface area (TPSA) is 124 Å². The Morgan fingerprint density at radius 3 is 2.71 bits per heavy atom. The number of nitro benzene ring substituents is 1. The average Bonchev–Trinajstić information content (AvgIpc) is 2.98. The minimum atomic E-state index is -0.788. The number of hydrogen-bond acceptors (Lipinski definition) is 6. The number of non-ortho nitro benzene ring substituents is 1. The molecule has 0 amide bonds. The summed E-state index contributed by atoms with van der Waals surface area (Å²) in [4.78, 5) is 28.4. The average molecular weight is 290 g/mol. The van der Waals surface area contributed by atoms with Crippen molar-refractivity contribution in [1.29, 1.82) is 0 Å². The molecule has 3 N–H and O–H groups in total. The Kier molecular flexibility index (Phi) is 4.62. The molecule has 0 spiro atoms. The minimum Gasteiger partial charge on any atom is -0.460 e. The van der Waals surface area contributed by atoms with E-state index >= 15 is 0 Å². The first-order chi connectivity index (χ1) is 10.1. The van der Waals surface area contributed by atoms with Crippen LogP contribution in [0, 0.1) is 10.1 Å². The van der Waals surface area contributed by atoms with Gasteiger partial charge in [-0.3, -0.25) is 14.9 Å². The van der Waals surface area contributed by atoms with E-state index < -0.39 is 16.9 Å². The van der Waals surface area contributed by atoms with Gasteiger partial charge in [0.15, 0.2) is 0 Å². The summed E-state index contributed by atoms with van der Waals surface area (Å²) in [7, 11) is 0. The van der Waals surface area contributed by atoms with Gasteiger partial charge in [0, 0.05) is 30.4 Å². The first-order valence-electron chi connectivity index (χ1n) is 6.19. The van der Waals surface area contributed by atoms with E-state index in [1.54, 1.807) is 6.20 Å². The molecule has 0 unspecified atom stereocenters. The van der Waals surface area contributed by atoms with Crippen molar-refractivity contribution >= 4 is 11.7 Å². The quantitative estimate of drug-likeness (QED) is 0.463. The lowest BCUT2D eigenvalue weighted by Gasteiger charge is -2.10. The number of nitrogens with one attached hydrogen (secondary N) is 1. The van der Waals surface area contributed by atoms with E-state index in [1.165, 1.54) is 30.6 Å². The number of aromatic amines is 1. The van der Waals surface area contributed by atoms with E-state index in [2.05, 4.69) is 9.97 Å². The molecule has 110 valence electrons. The SMILES string of the molecule is N[C@@H](Cc1cnc[nH]1)C(=O)OCc1ccc([N+](=O)[O-])cc1. The van der Waals surface area contributed by atoms with E-state index in [-0.39, 0.29) is 12.3 Å². The van der Waals surface area contributed by atoms with Crippen LogP contribution in [-0.4, -0.2) is 26.9 Å². The second-order valence-corrected chi connectivity index (χ2v) is 4.42. The number of imidazole rings is 1. The molecular formula is C13H14N4O4. The van der Waals surface area contributed by atoms with Crippen molar-refractivity contribution in [3.8, 4) is 0 Å². The number of benzene rings is 1. The second kappa shape index (κ2) is 6.62. The lowest BCUT2D eigenvalue weighted by molar-refractivity contribution is -0.384. The molecule has 0 saturated carbocycles. The molecule has 2 aromatic rings. The van der Waals surface area contributed by atoms with Crippen LogP contribution in [0.2, 0.25) is 0 Å². The highest BCUT2D eigenvalue weighted by Crippen LogP contribution is 2.12. The van der Waals surface area contributed by atoms with E-state index in [0.717, 1.165) is 5.69 Å². The zero-order chi connectivity index (χ0) is 15.2. The van der Waals surface area contributed by atoms with Gasteiger partial charge in [-0.05, 0) is 17.7 Å². The van der Waals surface area contributed by atoms with Crippen LogP contribution in [0.3, 0.4) is 0 Å². The van der Waals surface area contributed by atoms with E-state index in [1.807, 2.05) is 0 Å². The Balaban J connectivity index is 1.84. The Labute approximate surface area is 120 Å². The van der Waals surface area contributed by atoms with Crippen LogP contribution in [0.1, 0.15) is 11.3 Å². The van der Waals surface area contributed by atoms with Crippen molar-refractivity contribution < 1.29 is 14.5 Å². The molecule has 21 heavy (non-hydrogen) atoms. The molecule has 0 aliphatic heterocycles. The number of carbonyl (C=O) groups excluding carboxylic acids is 1. The number of nitrogens with two attached hydrogens (primary N) is 1. The maximum atomic E-state index is 11.7. The number of nitrogens with zero attached hydrogens (tertiary/aromatic N) is 2. The van der Waals surface area contributed by atoms with E-state index in [4.69, 9.17) is 10.5 Å². The monoisotopic (exact) mass is 290 g/mol. The first kappa shape index (κ1) is 14.7. The summed E-state index contributed by atoms with van der Waals surface area (Å²) in [6, 6.07) is 4.99. The Morgan fingerprint density at radius 2 is 2.14 bits per heavy atom. The van der Waals surface area contributed by atoms with Crippen LogP contribution < -0.4 is 5.73 Å². The van der Waals surface area contributed by atoms with Crippen LogP contribution in [-0.2, 0) is 22.6 Å². The zero-order valence-corrected chi connectivity index (χ0v) is 11.1. The predicted octanol–water partition coefficient (Wildman–Crippen LogP) is 0.931. The largest absolute Gasteiger partial charge is 0.460 e. The molecule has 0 aliphatic rings. The third kappa shape index (κ3) is 4.11. The normalized spacial score (nSPS) is 11.9. The Morgan fingerprint density at radius 1 is 1.43 bits per heavy atom. The van der Waals surface area contributed by atoms with Crippen molar-refractivity contribution in [2.45, 2.75) is 19.1 Å². The molecule has 1 aromatic heterocycles. The smallest absolute Gasteiger partial charge is 0.323 e. The van der Waals surface area contributed by atoms with Gasteiger partial charge < -0.3 is 15.5 Å². The standard InChI is InChI=1S/C13H14N4O4/c14-12(5-10-6-15-8-16-10)13(18)21-7-9-1-3-11(4-2-9)17(19)20/h1-4,6,8,12H,5,7,14H2,(H,15,16)/t12-/m0/s1. The fraction of sp³-hybridized carbons (Fsp3) is 0.231. The summed E-state index contributed by atoms with van der Waals surface area (Å²) < 4.78 is 5.07. The van der Waals surface area contributed by atoms with Crippen LogP contribution in [0.4, 0.5) is 5.69 Å². The lowest BCUT2D eigenvalue weighted by Crippen LogP contribution is -2.34. The highest BCUT2D eigenvalue weighted by molar-refractivity contribution is 5.75. The Hall–Kier alpha value is -2.74. The summed E-state index contributed by atoms with van der Waals surface area (Å²) >= 11 is 0. The van der Waals surface area contributed by atoms with Gasteiger partial charge in [0.25, 0.3) is 5.69 Å². The molecule has 0 aliphatic carbocycles.